The second kappa shape index (κ2) is 6.33. The minimum absolute atomic E-state index is 0.362. The van der Waals surface area contributed by atoms with Crippen LogP contribution in [0.3, 0.4) is 0 Å². The van der Waals surface area contributed by atoms with E-state index in [1.54, 1.807) is 13.3 Å². The first kappa shape index (κ1) is 12.8. The third-order valence-electron chi connectivity index (χ3n) is 2.27. The van der Waals surface area contributed by atoms with E-state index in [4.69, 9.17) is 21.1 Å². The van der Waals surface area contributed by atoms with Gasteiger partial charge in [-0.2, -0.15) is 0 Å². The molecule has 0 saturated carbocycles. The minimum Gasteiger partial charge on any atom is -0.487 e. The predicted octanol–water partition coefficient (Wildman–Crippen LogP) is 2.86. The summed E-state index contributed by atoms with van der Waals surface area (Å²) in [7, 11) is 1.66. The van der Waals surface area contributed by atoms with Gasteiger partial charge in [0.2, 0.25) is 0 Å². The maximum Gasteiger partial charge on any atom is 0.147 e. The van der Waals surface area contributed by atoms with Gasteiger partial charge in [0.15, 0.2) is 0 Å². The van der Waals surface area contributed by atoms with Crippen molar-refractivity contribution < 1.29 is 9.47 Å². The first-order chi connectivity index (χ1) is 8.78. The monoisotopic (exact) mass is 264 g/mol. The van der Waals surface area contributed by atoms with Crippen LogP contribution in [-0.4, -0.2) is 17.1 Å². The maximum atomic E-state index is 5.66. The molecule has 0 amide bonds. The molecule has 2 rings (SSSR count). The Hall–Kier alpha value is -1.65. The van der Waals surface area contributed by atoms with E-state index < -0.39 is 0 Å². The van der Waals surface area contributed by atoms with E-state index in [2.05, 4.69) is 9.97 Å². The van der Waals surface area contributed by atoms with E-state index in [1.165, 1.54) is 6.20 Å². The Labute approximate surface area is 111 Å². The highest BCUT2D eigenvalue weighted by Gasteiger charge is 2.00. The quantitative estimate of drug-likeness (QED) is 0.833. The highest BCUT2D eigenvalue weighted by atomic mass is 35.5. The molecular formula is C13H13ClN2O2. The van der Waals surface area contributed by atoms with Gasteiger partial charge in [-0.25, -0.2) is 4.98 Å². The average Bonchev–Trinajstić information content (AvgIpc) is 2.39. The van der Waals surface area contributed by atoms with Crippen molar-refractivity contribution in [3.8, 4) is 5.75 Å². The summed E-state index contributed by atoms with van der Waals surface area (Å²) in [5.41, 5.74) is 1.80. The van der Waals surface area contributed by atoms with E-state index in [0.717, 1.165) is 17.0 Å². The van der Waals surface area contributed by atoms with Crippen LogP contribution >= 0.6 is 11.6 Å². The number of hydrogen-bond acceptors (Lipinski definition) is 4. The third-order valence-corrected chi connectivity index (χ3v) is 2.47. The van der Waals surface area contributed by atoms with E-state index in [9.17, 15) is 0 Å². The zero-order valence-electron chi connectivity index (χ0n) is 9.97. The Balaban J connectivity index is 1.97. The molecule has 1 heterocycles. The number of benzene rings is 1. The summed E-state index contributed by atoms with van der Waals surface area (Å²) in [6.45, 7) is 0.929. The molecule has 0 radical (unpaired) electrons. The molecule has 5 heteroatoms. The Morgan fingerprint density at radius 2 is 2.06 bits per heavy atom. The summed E-state index contributed by atoms with van der Waals surface area (Å²) in [5, 5.41) is 0.376. The van der Waals surface area contributed by atoms with Crippen molar-refractivity contribution in [2.24, 2.45) is 0 Å². The van der Waals surface area contributed by atoms with Crippen molar-refractivity contribution in [1.29, 1.82) is 0 Å². The van der Waals surface area contributed by atoms with Gasteiger partial charge in [0.25, 0.3) is 0 Å². The summed E-state index contributed by atoms with van der Waals surface area (Å²) in [5.74, 6) is 0.779. The molecular weight excluding hydrogens is 252 g/mol. The molecule has 0 atom stereocenters. The van der Waals surface area contributed by atoms with Gasteiger partial charge >= 0.3 is 0 Å². The lowest BCUT2D eigenvalue weighted by Gasteiger charge is -2.07. The zero-order chi connectivity index (χ0) is 12.8. The summed E-state index contributed by atoms with van der Waals surface area (Å²) >= 11 is 5.66. The molecule has 1 aromatic heterocycles. The topological polar surface area (TPSA) is 44.2 Å². The van der Waals surface area contributed by atoms with Crippen molar-refractivity contribution in [3.05, 3.63) is 53.1 Å². The average molecular weight is 265 g/mol. The van der Waals surface area contributed by atoms with Gasteiger partial charge in [-0.05, 0) is 17.7 Å². The number of methoxy groups -OCH3 is 1. The fraction of sp³-hybridized carbons (Fsp3) is 0.231. The third kappa shape index (κ3) is 3.68. The molecule has 0 fully saturated rings. The van der Waals surface area contributed by atoms with E-state index in [-0.39, 0.29) is 0 Å². The first-order valence-corrected chi connectivity index (χ1v) is 5.83. The van der Waals surface area contributed by atoms with Crippen LogP contribution in [0.4, 0.5) is 0 Å². The van der Waals surface area contributed by atoms with Gasteiger partial charge in [-0.1, -0.05) is 23.7 Å². The molecule has 0 saturated heterocycles. The number of halogens is 1. The van der Waals surface area contributed by atoms with Crippen molar-refractivity contribution in [2.45, 2.75) is 13.2 Å². The number of aromatic nitrogens is 2. The molecule has 94 valence electrons. The standard InChI is InChI=1S/C13H13ClN2O2/c1-17-8-10-3-2-4-12(5-10)18-9-11-6-16-13(14)7-15-11/h2-7H,8-9H2,1H3. The number of rotatable bonds is 5. The molecule has 18 heavy (non-hydrogen) atoms. The highest BCUT2D eigenvalue weighted by molar-refractivity contribution is 6.29. The molecule has 1 aromatic carbocycles. The summed E-state index contributed by atoms with van der Waals surface area (Å²) in [6, 6.07) is 7.74. The molecule has 0 aliphatic carbocycles. The van der Waals surface area contributed by atoms with E-state index in [0.29, 0.717) is 18.4 Å². The van der Waals surface area contributed by atoms with Gasteiger partial charge in [-0.3, -0.25) is 4.98 Å². The largest absolute Gasteiger partial charge is 0.487 e. The van der Waals surface area contributed by atoms with Gasteiger partial charge in [0, 0.05) is 7.11 Å². The Morgan fingerprint density at radius 3 is 2.78 bits per heavy atom. The van der Waals surface area contributed by atoms with Crippen LogP contribution in [0.25, 0.3) is 0 Å². The van der Waals surface area contributed by atoms with Crippen LogP contribution in [0.15, 0.2) is 36.7 Å². The molecule has 0 aliphatic heterocycles. The normalized spacial score (nSPS) is 10.3. The van der Waals surface area contributed by atoms with Gasteiger partial charge in [-0.15, -0.1) is 0 Å². The lowest BCUT2D eigenvalue weighted by molar-refractivity contribution is 0.184. The summed E-state index contributed by atoms with van der Waals surface area (Å²) in [6.07, 6.45) is 3.10. The number of ether oxygens (including phenoxy) is 2. The van der Waals surface area contributed by atoms with Crippen LogP contribution in [0.2, 0.25) is 5.15 Å². The second-order valence-electron chi connectivity index (χ2n) is 3.70. The van der Waals surface area contributed by atoms with Crippen LogP contribution < -0.4 is 4.74 Å². The van der Waals surface area contributed by atoms with Crippen molar-refractivity contribution in [1.82, 2.24) is 9.97 Å². The van der Waals surface area contributed by atoms with Crippen LogP contribution in [0.1, 0.15) is 11.3 Å². The van der Waals surface area contributed by atoms with Gasteiger partial charge in [0.1, 0.15) is 17.5 Å². The molecule has 0 bridgehead atoms. The molecule has 0 spiro atoms. The Morgan fingerprint density at radius 1 is 1.17 bits per heavy atom. The molecule has 4 nitrogen and oxygen atoms in total. The van der Waals surface area contributed by atoms with Gasteiger partial charge < -0.3 is 9.47 Å². The summed E-state index contributed by atoms with van der Waals surface area (Å²) in [4.78, 5) is 8.05. The smallest absolute Gasteiger partial charge is 0.147 e. The number of nitrogens with zero attached hydrogens (tertiary/aromatic N) is 2. The summed E-state index contributed by atoms with van der Waals surface area (Å²) < 4.78 is 10.7. The minimum atomic E-state index is 0.362. The van der Waals surface area contributed by atoms with Crippen LogP contribution in [0.5, 0.6) is 5.75 Å². The molecule has 2 aromatic rings. The van der Waals surface area contributed by atoms with E-state index in [1.807, 2.05) is 24.3 Å². The van der Waals surface area contributed by atoms with E-state index >= 15 is 0 Å². The second-order valence-corrected chi connectivity index (χ2v) is 4.09. The van der Waals surface area contributed by atoms with Crippen molar-refractivity contribution in [2.75, 3.05) is 7.11 Å². The van der Waals surface area contributed by atoms with Crippen LogP contribution in [0, 0.1) is 0 Å². The molecule has 0 unspecified atom stereocenters. The van der Waals surface area contributed by atoms with Gasteiger partial charge in [0.05, 0.1) is 24.7 Å². The predicted molar refractivity (Wildman–Crippen MR) is 68.5 cm³/mol. The lowest BCUT2D eigenvalue weighted by Crippen LogP contribution is -1.99. The van der Waals surface area contributed by atoms with Crippen LogP contribution in [-0.2, 0) is 18.0 Å². The Bertz CT molecular complexity index is 503. The number of hydrogen-bond donors (Lipinski definition) is 0. The highest BCUT2D eigenvalue weighted by Crippen LogP contribution is 2.15. The fourth-order valence-electron chi connectivity index (χ4n) is 1.46. The lowest BCUT2D eigenvalue weighted by atomic mass is 10.2. The first-order valence-electron chi connectivity index (χ1n) is 5.45. The van der Waals surface area contributed by atoms with Crippen molar-refractivity contribution in [3.63, 3.8) is 0 Å². The Kier molecular flexibility index (Phi) is 4.50. The molecule has 0 N–H and O–H groups in total. The SMILES string of the molecule is COCc1cccc(OCc2cnc(Cl)cn2)c1. The zero-order valence-corrected chi connectivity index (χ0v) is 10.7. The maximum absolute atomic E-state index is 5.66. The molecule has 0 aliphatic rings. The fourth-order valence-corrected chi connectivity index (χ4v) is 1.56. The van der Waals surface area contributed by atoms with Crippen molar-refractivity contribution >= 4 is 11.6 Å².